The Morgan fingerprint density at radius 1 is 0.309 bits per heavy atom. The molecular weight excluding hydrogens is 671 g/mol. The Bertz CT molecular complexity index is 3190. The van der Waals surface area contributed by atoms with Crippen LogP contribution in [0.4, 0.5) is 17.1 Å². The fourth-order valence-corrected chi connectivity index (χ4v) is 8.29. The molecule has 9 aromatic carbocycles. The van der Waals surface area contributed by atoms with E-state index in [9.17, 15) is 0 Å². The summed E-state index contributed by atoms with van der Waals surface area (Å²) in [6, 6.07) is 70.9. The lowest BCUT2D eigenvalue weighted by Crippen LogP contribution is -2.10. The second-order valence-electron chi connectivity index (χ2n) is 14.1. The van der Waals surface area contributed by atoms with Gasteiger partial charge in [-0.05, 0) is 99.4 Å². The van der Waals surface area contributed by atoms with Gasteiger partial charge in [0.05, 0.1) is 0 Å². The van der Waals surface area contributed by atoms with Gasteiger partial charge in [-0.25, -0.2) is 0 Å². The average molecular weight is 704 g/mol. The van der Waals surface area contributed by atoms with Crippen LogP contribution in [0.25, 0.3) is 88.0 Å². The Balaban J connectivity index is 1.03. The summed E-state index contributed by atoms with van der Waals surface area (Å²) in [5, 5.41) is 6.85. The molecule has 0 aliphatic rings. The number of anilines is 3. The molecule has 0 aliphatic carbocycles. The van der Waals surface area contributed by atoms with Gasteiger partial charge < -0.3 is 13.7 Å². The van der Waals surface area contributed by atoms with Crippen molar-refractivity contribution in [3.63, 3.8) is 0 Å². The topological polar surface area (TPSA) is 29.5 Å². The Hall–Kier alpha value is -7.36. The molecule has 3 heteroatoms. The molecule has 3 nitrogen and oxygen atoms in total. The van der Waals surface area contributed by atoms with Gasteiger partial charge in [0.15, 0.2) is 0 Å². The zero-order valence-electron chi connectivity index (χ0n) is 29.8. The van der Waals surface area contributed by atoms with Crippen molar-refractivity contribution >= 4 is 71.7 Å². The van der Waals surface area contributed by atoms with Gasteiger partial charge in [-0.15, -0.1) is 0 Å². The summed E-state index contributed by atoms with van der Waals surface area (Å²) < 4.78 is 12.7. The van der Waals surface area contributed by atoms with Crippen molar-refractivity contribution in [1.29, 1.82) is 0 Å². The van der Waals surface area contributed by atoms with E-state index in [1.807, 2.05) is 12.1 Å². The molecule has 2 heterocycles. The van der Waals surface area contributed by atoms with Gasteiger partial charge >= 0.3 is 0 Å². The van der Waals surface area contributed by atoms with E-state index in [0.717, 1.165) is 88.6 Å². The second kappa shape index (κ2) is 12.6. The number of rotatable bonds is 6. The molecule has 0 aliphatic heterocycles. The smallest absolute Gasteiger partial charge is 0.143 e. The molecule has 258 valence electrons. The first-order chi connectivity index (χ1) is 27.3. The van der Waals surface area contributed by atoms with Crippen LogP contribution < -0.4 is 4.90 Å². The summed E-state index contributed by atoms with van der Waals surface area (Å²) in [6.45, 7) is 0. The van der Waals surface area contributed by atoms with Crippen LogP contribution in [0.3, 0.4) is 0 Å². The molecule has 0 saturated heterocycles. The van der Waals surface area contributed by atoms with E-state index >= 15 is 0 Å². The maximum absolute atomic E-state index is 6.52. The third kappa shape index (κ3) is 5.20. The highest BCUT2D eigenvalue weighted by molar-refractivity contribution is 6.19. The zero-order valence-corrected chi connectivity index (χ0v) is 29.8. The van der Waals surface area contributed by atoms with Gasteiger partial charge in [0.2, 0.25) is 0 Å². The third-order valence-electron chi connectivity index (χ3n) is 10.9. The van der Waals surface area contributed by atoms with Crippen molar-refractivity contribution in [2.45, 2.75) is 0 Å². The van der Waals surface area contributed by atoms with Crippen LogP contribution in [-0.4, -0.2) is 0 Å². The van der Waals surface area contributed by atoms with Crippen molar-refractivity contribution in [2.75, 3.05) is 4.90 Å². The molecule has 0 saturated carbocycles. The Kier molecular flexibility index (Phi) is 7.17. The predicted octanol–water partition coefficient (Wildman–Crippen LogP) is 15.1. The highest BCUT2D eigenvalue weighted by atomic mass is 16.3. The fraction of sp³-hybridized carbons (Fsp3) is 0. The van der Waals surface area contributed by atoms with E-state index in [2.05, 4.69) is 193 Å². The molecule has 0 bridgehead atoms. The first-order valence-electron chi connectivity index (χ1n) is 18.7. The van der Waals surface area contributed by atoms with Crippen LogP contribution >= 0.6 is 0 Å². The minimum absolute atomic E-state index is 0.895. The number of nitrogens with zero attached hydrogens (tertiary/aromatic N) is 1. The molecular formula is C52H33NO2. The molecule has 0 amide bonds. The lowest BCUT2D eigenvalue weighted by Gasteiger charge is -2.26. The molecule has 0 fully saturated rings. The quantitative estimate of drug-likeness (QED) is 0.173. The van der Waals surface area contributed by atoms with Crippen molar-refractivity contribution in [3.8, 4) is 33.4 Å². The van der Waals surface area contributed by atoms with Crippen molar-refractivity contribution in [1.82, 2.24) is 0 Å². The molecule has 0 atom stereocenters. The normalized spacial score (nSPS) is 11.6. The van der Waals surface area contributed by atoms with Crippen LogP contribution in [0.5, 0.6) is 0 Å². The van der Waals surface area contributed by atoms with Crippen molar-refractivity contribution < 1.29 is 8.83 Å². The van der Waals surface area contributed by atoms with Gasteiger partial charge in [0, 0.05) is 44.0 Å². The average Bonchev–Trinajstić information content (AvgIpc) is 3.84. The second-order valence-corrected chi connectivity index (χ2v) is 14.1. The molecule has 0 N–H and O–H groups in total. The van der Waals surface area contributed by atoms with E-state index in [0.29, 0.717) is 0 Å². The summed E-state index contributed by atoms with van der Waals surface area (Å²) in [6.07, 6.45) is 0. The Morgan fingerprint density at radius 2 is 0.873 bits per heavy atom. The highest BCUT2D eigenvalue weighted by Gasteiger charge is 2.18. The van der Waals surface area contributed by atoms with Gasteiger partial charge in [-0.1, -0.05) is 140 Å². The van der Waals surface area contributed by atoms with Crippen molar-refractivity contribution in [3.05, 3.63) is 200 Å². The lowest BCUT2D eigenvalue weighted by molar-refractivity contribution is 0.669. The van der Waals surface area contributed by atoms with Crippen molar-refractivity contribution in [2.24, 2.45) is 0 Å². The van der Waals surface area contributed by atoms with Crippen LogP contribution in [0.15, 0.2) is 209 Å². The predicted molar refractivity (Wildman–Crippen MR) is 229 cm³/mol. The Labute approximate surface area is 317 Å². The standard InChI is InChI=1S/C52H33NO2/c1-2-11-34(12-3-1)38-14-8-15-41(33-38)53(39-28-23-36(24-29-39)42-18-9-21-48-50(42)45-17-6-7-20-47(45)54-48)40-30-25-37(26-31-40)43-19-10-22-49-51(43)46-32-27-35-13-4-5-16-44(35)52(46)55-49/h1-33H. The number of para-hydroxylation sites is 1. The minimum Gasteiger partial charge on any atom is -0.456 e. The monoisotopic (exact) mass is 703 g/mol. The summed E-state index contributed by atoms with van der Waals surface area (Å²) in [5.74, 6) is 0. The molecule has 0 radical (unpaired) electrons. The van der Waals surface area contributed by atoms with Crippen LogP contribution in [0.2, 0.25) is 0 Å². The van der Waals surface area contributed by atoms with Gasteiger partial charge in [-0.2, -0.15) is 0 Å². The molecule has 0 unspecified atom stereocenters. The number of hydrogen-bond acceptors (Lipinski definition) is 3. The minimum atomic E-state index is 0.895. The maximum Gasteiger partial charge on any atom is 0.143 e. The van der Waals surface area contributed by atoms with E-state index in [-0.39, 0.29) is 0 Å². The molecule has 11 aromatic rings. The fourth-order valence-electron chi connectivity index (χ4n) is 8.29. The number of fused-ring (bicyclic) bond motifs is 8. The van der Waals surface area contributed by atoms with Crippen LogP contribution in [0.1, 0.15) is 0 Å². The van der Waals surface area contributed by atoms with Gasteiger partial charge in [0.1, 0.15) is 22.3 Å². The van der Waals surface area contributed by atoms with E-state index in [4.69, 9.17) is 8.83 Å². The largest absolute Gasteiger partial charge is 0.456 e. The van der Waals surface area contributed by atoms with Crippen LogP contribution in [-0.2, 0) is 0 Å². The highest BCUT2D eigenvalue weighted by Crippen LogP contribution is 2.43. The molecule has 11 rings (SSSR count). The lowest BCUT2D eigenvalue weighted by atomic mass is 9.97. The first kappa shape index (κ1) is 31.2. The Morgan fingerprint density at radius 3 is 1.60 bits per heavy atom. The number of furan rings is 2. The van der Waals surface area contributed by atoms with E-state index < -0.39 is 0 Å². The van der Waals surface area contributed by atoms with Crippen LogP contribution in [0, 0.1) is 0 Å². The van der Waals surface area contributed by atoms with E-state index in [1.165, 1.54) is 16.5 Å². The summed E-state index contributed by atoms with van der Waals surface area (Å²) in [7, 11) is 0. The third-order valence-corrected chi connectivity index (χ3v) is 10.9. The van der Waals surface area contributed by atoms with Gasteiger partial charge in [0.25, 0.3) is 0 Å². The maximum atomic E-state index is 6.52. The molecule has 2 aromatic heterocycles. The summed E-state index contributed by atoms with van der Waals surface area (Å²) in [5.41, 5.74) is 13.8. The van der Waals surface area contributed by atoms with E-state index in [1.54, 1.807) is 0 Å². The first-order valence-corrected chi connectivity index (χ1v) is 18.7. The summed E-state index contributed by atoms with van der Waals surface area (Å²) in [4.78, 5) is 2.34. The molecule has 55 heavy (non-hydrogen) atoms. The molecule has 0 spiro atoms. The zero-order chi connectivity index (χ0) is 36.3. The SMILES string of the molecule is c1ccc(-c2cccc(N(c3ccc(-c4cccc5oc6ccccc6c45)cc3)c3ccc(-c4cccc5oc6c7ccccc7ccc6c45)cc3)c2)cc1. The number of benzene rings is 9. The number of hydrogen-bond donors (Lipinski definition) is 0. The van der Waals surface area contributed by atoms with Gasteiger partial charge in [-0.3, -0.25) is 0 Å². The summed E-state index contributed by atoms with van der Waals surface area (Å²) >= 11 is 0.